The van der Waals surface area contributed by atoms with E-state index in [0.29, 0.717) is 0 Å². The van der Waals surface area contributed by atoms with Crippen LogP contribution in [0.3, 0.4) is 0 Å². The monoisotopic (exact) mass is 830 g/mol. The minimum absolute atomic E-state index is 0.0462. The Morgan fingerprint density at radius 3 is 1.20 bits per heavy atom. The van der Waals surface area contributed by atoms with Crippen LogP contribution in [0.25, 0.3) is 83.1 Å². The molecule has 2 nitrogen and oxygen atoms in total. The van der Waals surface area contributed by atoms with Gasteiger partial charge in [-0.25, -0.2) is 0 Å². The van der Waals surface area contributed by atoms with Gasteiger partial charge in [0.25, 0.3) is 0 Å². The molecular formula is C63H46N2. The van der Waals surface area contributed by atoms with Gasteiger partial charge in [-0.3, -0.25) is 0 Å². The second-order valence-corrected chi connectivity index (χ2v) is 17.8. The van der Waals surface area contributed by atoms with E-state index in [2.05, 4.69) is 266 Å². The minimum Gasteiger partial charge on any atom is -0.311 e. The van der Waals surface area contributed by atoms with E-state index >= 15 is 0 Å². The molecule has 2 heteroatoms. The van der Waals surface area contributed by atoms with Crippen molar-refractivity contribution >= 4 is 38.9 Å². The summed E-state index contributed by atoms with van der Waals surface area (Å²) in [4.78, 5) is 2.37. The number of rotatable bonds is 8. The number of hydrogen-bond acceptors (Lipinski definition) is 1. The minimum atomic E-state index is -0.0462. The van der Waals surface area contributed by atoms with E-state index in [9.17, 15) is 0 Å². The fourth-order valence-electron chi connectivity index (χ4n) is 10.2. The molecule has 0 saturated heterocycles. The first-order valence-electron chi connectivity index (χ1n) is 22.6. The van der Waals surface area contributed by atoms with Crippen molar-refractivity contribution in [3.8, 4) is 61.3 Å². The van der Waals surface area contributed by atoms with Crippen LogP contribution in [0.1, 0.15) is 25.0 Å². The molecule has 1 heterocycles. The summed E-state index contributed by atoms with van der Waals surface area (Å²) in [5.74, 6) is 0. The van der Waals surface area contributed by atoms with Crippen molar-refractivity contribution in [2.45, 2.75) is 19.3 Å². The highest BCUT2D eigenvalue weighted by Gasteiger charge is 2.35. The molecule has 0 saturated carbocycles. The van der Waals surface area contributed by atoms with E-state index in [4.69, 9.17) is 0 Å². The molecule has 0 bridgehead atoms. The highest BCUT2D eigenvalue weighted by Crippen LogP contribution is 2.50. The smallest absolute Gasteiger partial charge is 0.0541 e. The van der Waals surface area contributed by atoms with Gasteiger partial charge in [-0.2, -0.15) is 0 Å². The highest BCUT2D eigenvalue weighted by molar-refractivity contribution is 6.11. The van der Waals surface area contributed by atoms with E-state index in [-0.39, 0.29) is 5.41 Å². The number of nitrogens with zero attached hydrogens (tertiary/aromatic N) is 2. The fraction of sp³-hybridized carbons (Fsp3) is 0.0476. The lowest BCUT2D eigenvalue weighted by Crippen LogP contribution is -2.14. The maximum atomic E-state index is 2.40. The first-order valence-corrected chi connectivity index (χ1v) is 22.6. The van der Waals surface area contributed by atoms with Crippen LogP contribution in [0.2, 0.25) is 0 Å². The lowest BCUT2D eigenvalue weighted by molar-refractivity contribution is 0.660. The number of para-hydroxylation sites is 1. The molecule has 0 aliphatic heterocycles. The van der Waals surface area contributed by atoms with Crippen molar-refractivity contribution in [3.63, 3.8) is 0 Å². The lowest BCUT2D eigenvalue weighted by atomic mass is 9.81. The predicted octanol–water partition coefficient (Wildman–Crippen LogP) is 17.2. The third kappa shape index (κ3) is 6.65. The standard InChI is InChI=1S/C63H46N2/c1-63(2)59-21-13-12-20-55(59)56-37-28-50(42-60(56)63)47-26-35-54(36-27-47)64(52-31-22-45(23-32-52)43-14-6-3-7-15-43)53-33-24-46(25-34-53)49-30-39-62-58(41-49)57-40-48(44-16-8-4-9-17-44)29-38-61(57)65(62)51-18-10-5-11-19-51/h3-42H,1-2H3. The number of aromatic nitrogens is 1. The van der Waals surface area contributed by atoms with Crippen LogP contribution in [0.4, 0.5) is 17.1 Å². The average Bonchev–Trinajstić information content (AvgIpc) is 3.82. The van der Waals surface area contributed by atoms with Gasteiger partial charge < -0.3 is 9.47 Å². The SMILES string of the molecule is CC1(C)c2ccccc2-c2ccc(-c3ccc(N(c4ccc(-c5ccccc5)cc4)c4ccc(-c5ccc6c(c5)c5cc(-c7ccccc7)ccc5n6-c5ccccc5)cc4)cc3)cc21. The Labute approximate surface area is 381 Å². The molecule has 0 spiro atoms. The molecule has 1 aliphatic rings. The average molecular weight is 831 g/mol. The van der Waals surface area contributed by atoms with Gasteiger partial charge in [0.2, 0.25) is 0 Å². The van der Waals surface area contributed by atoms with Gasteiger partial charge in [0.15, 0.2) is 0 Å². The first kappa shape index (κ1) is 38.5. The van der Waals surface area contributed by atoms with Crippen LogP contribution in [0.5, 0.6) is 0 Å². The third-order valence-electron chi connectivity index (χ3n) is 13.6. The molecule has 10 aromatic carbocycles. The zero-order valence-corrected chi connectivity index (χ0v) is 36.5. The Hall–Kier alpha value is -8.20. The van der Waals surface area contributed by atoms with Gasteiger partial charge >= 0.3 is 0 Å². The maximum absolute atomic E-state index is 2.40. The van der Waals surface area contributed by atoms with Gasteiger partial charge in [-0.1, -0.05) is 178 Å². The molecule has 0 radical (unpaired) electrons. The molecule has 0 amide bonds. The van der Waals surface area contributed by atoms with Gasteiger partial charge in [0, 0.05) is 38.9 Å². The van der Waals surface area contributed by atoms with E-state index in [1.54, 1.807) is 0 Å². The maximum Gasteiger partial charge on any atom is 0.0541 e. The van der Waals surface area contributed by atoms with Crippen LogP contribution < -0.4 is 4.90 Å². The molecule has 0 unspecified atom stereocenters. The van der Waals surface area contributed by atoms with E-state index < -0.39 is 0 Å². The van der Waals surface area contributed by atoms with Crippen molar-refractivity contribution in [1.82, 2.24) is 4.57 Å². The van der Waals surface area contributed by atoms with Crippen molar-refractivity contribution in [1.29, 1.82) is 0 Å². The molecule has 12 rings (SSSR count). The number of hydrogen-bond donors (Lipinski definition) is 0. The molecule has 11 aromatic rings. The number of anilines is 3. The van der Waals surface area contributed by atoms with Crippen LogP contribution in [0.15, 0.2) is 243 Å². The summed E-state index contributed by atoms with van der Waals surface area (Å²) < 4.78 is 2.39. The summed E-state index contributed by atoms with van der Waals surface area (Å²) in [7, 11) is 0. The second kappa shape index (κ2) is 15.6. The Balaban J connectivity index is 0.923. The summed E-state index contributed by atoms with van der Waals surface area (Å²) in [6.45, 7) is 4.70. The molecule has 1 aromatic heterocycles. The van der Waals surface area contributed by atoms with Gasteiger partial charge in [-0.15, -0.1) is 0 Å². The molecular weight excluding hydrogens is 785 g/mol. The molecule has 308 valence electrons. The molecule has 0 N–H and O–H groups in total. The van der Waals surface area contributed by atoms with Gasteiger partial charge in [0.05, 0.1) is 11.0 Å². The predicted molar refractivity (Wildman–Crippen MR) is 275 cm³/mol. The van der Waals surface area contributed by atoms with Crippen LogP contribution in [0, 0.1) is 0 Å². The van der Waals surface area contributed by atoms with E-state index in [1.807, 2.05) is 0 Å². The Morgan fingerprint density at radius 2 is 0.677 bits per heavy atom. The zero-order chi connectivity index (χ0) is 43.5. The zero-order valence-electron chi connectivity index (χ0n) is 36.5. The summed E-state index contributed by atoms with van der Waals surface area (Å²) in [6, 6.07) is 88.7. The van der Waals surface area contributed by atoms with Gasteiger partial charge in [0.1, 0.15) is 0 Å². The number of benzene rings is 10. The molecule has 0 atom stereocenters. The summed E-state index contributed by atoms with van der Waals surface area (Å²) in [5, 5.41) is 2.48. The van der Waals surface area contributed by atoms with E-state index in [1.165, 1.54) is 88.6 Å². The van der Waals surface area contributed by atoms with Crippen molar-refractivity contribution in [2.24, 2.45) is 0 Å². The Bertz CT molecular complexity index is 3510. The molecule has 0 fully saturated rings. The lowest BCUT2D eigenvalue weighted by Gasteiger charge is -2.26. The van der Waals surface area contributed by atoms with Crippen molar-refractivity contribution in [2.75, 3.05) is 4.90 Å². The van der Waals surface area contributed by atoms with E-state index in [0.717, 1.165) is 22.7 Å². The van der Waals surface area contributed by atoms with Crippen LogP contribution in [-0.4, -0.2) is 4.57 Å². The Kier molecular flexibility index (Phi) is 9.21. The largest absolute Gasteiger partial charge is 0.311 e. The molecule has 65 heavy (non-hydrogen) atoms. The van der Waals surface area contributed by atoms with Crippen LogP contribution >= 0.6 is 0 Å². The summed E-state index contributed by atoms with van der Waals surface area (Å²) in [5.41, 5.74) is 21.9. The molecule has 1 aliphatic carbocycles. The third-order valence-corrected chi connectivity index (χ3v) is 13.6. The fourth-order valence-corrected chi connectivity index (χ4v) is 10.2. The van der Waals surface area contributed by atoms with Crippen LogP contribution in [-0.2, 0) is 5.41 Å². The number of fused-ring (bicyclic) bond motifs is 6. The highest BCUT2D eigenvalue weighted by atomic mass is 15.1. The quantitative estimate of drug-likeness (QED) is 0.148. The topological polar surface area (TPSA) is 8.17 Å². The van der Waals surface area contributed by atoms with Crippen molar-refractivity contribution < 1.29 is 0 Å². The Morgan fingerprint density at radius 1 is 0.308 bits per heavy atom. The summed E-state index contributed by atoms with van der Waals surface area (Å²) in [6.07, 6.45) is 0. The summed E-state index contributed by atoms with van der Waals surface area (Å²) >= 11 is 0. The second-order valence-electron chi connectivity index (χ2n) is 17.8. The van der Waals surface area contributed by atoms with Crippen molar-refractivity contribution in [3.05, 3.63) is 254 Å². The normalized spacial score (nSPS) is 12.6. The van der Waals surface area contributed by atoms with Gasteiger partial charge in [-0.05, 0) is 146 Å². The first-order chi connectivity index (χ1) is 32.0.